The third-order valence-electron chi connectivity index (χ3n) is 2.11. The second kappa shape index (κ2) is 5.55. The van der Waals surface area contributed by atoms with E-state index in [1.165, 1.54) is 7.05 Å². The van der Waals surface area contributed by atoms with Crippen molar-refractivity contribution in [3.8, 4) is 0 Å². The second-order valence-electron chi connectivity index (χ2n) is 3.80. The van der Waals surface area contributed by atoms with Crippen LogP contribution in [0.5, 0.6) is 0 Å². The van der Waals surface area contributed by atoms with Gasteiger partial charge in [-0.15, -0.1) is 0 Å². The smallest absolute Gasteiger partial charge is 0.405 e. The van der Waals surface area contributed by atoms with Crippen molar-refractivity contribution >= 4 is 22.4 Å². The van der Waals surface area contributed by atoms with Gasteiger partial charge in [0.15, 0.2) is 5.13 Å². The fourth-order valence-electron chi connectivity index (χ4n) is 1.41. The van der Waals surface area contributed by atoms with Crippen LogP contribution in [0.1, 0.15) is 28.7 Å². The Morgan fingerprint density at radius 2 is 2.11 bits per heavy atom. The molecule has 0 saturated carbocycles. The summed E-state index contributed by atoms with van der Waals surface area (Å²) in [7, 11) is 1.24. The molecule has 1 aromatic heterocycles. The molecule has 0 fully saturated rings. The molecule has 0 unspecified atom stereocenters. The molecule has 0 bridgehead atoms. The summed E-state index contributed by atoms with van der Waals surface area (Å²) in [5, 5.41) is 9.03. The lowest BCUT2D eigenvalue weighted by Crippen LogP contribution is -2.30. The highest BCUT2D eigenvalue weighted by Gasteiger charge is 2.31. The summed E-state index contributed by atoms with van der Waals surface area (Å²) in [4.78, 5) is 15.8. The van der Waals surface area contributed by atoms with Crippen LogP contribution in [0.4, 0.5) is 18.3 Å². The molecule has 0 amide bonds. The van der Waals surface area contributed by atoms with E-state index in [9.17, 15) is 18.0 Å². The van der Waals surface area contributed by atoms with Crippen molar-refractivity contribution < 1.29 is 23.1 Å². The standard InChI is InChI=1S/C10H13F3N2O2S/c1-3-4-6-7(8(16)17)18-9(14-6)15(2)5-10(11,12)13/h3-5H2,1-2H3,(H,16,17). The second-order valence-corrected chi connectivity index (χ2v) is 4.78. The highest BCUT2D eigenvalue weighted by Crippen LogP contribution is 2.28. The molecule has 0 aliphatic carbocycles. The van der Waals surface area contributed by atoms with Gasteiger partial charge in [0.2, 0.25) is 0 Å². The van der Waals surface area contributed by atoms with Crippen molar-refractivity contribution in [3.63, 3.8) is 0 Å². The SMILES string of the molecule is CCCc1nc(N(C)CC(F)(F)F)sc1C(=O)O. The van der Waals surface area contributed by atoms with Crippen molar-refractivity contribution in [1.29, 1.82) is 0 Å². The van der Waals surface area contributed by atoms with E-state index >= 15 is 0 Å². The molecule has 0 aliphatic heterocycles. The molecular weight excluding hydrogens is 269 g/mol. The summed E-state index contributed by atoms with van der Waals surface area (Å²) < 4.78 is 36.7. The predicted octanol–water partition coefficient (Wildman–Crippen LogP) is 2.79. The number of aryl methyl sites for hydroxylation is 1. The maximum Gasteiger partial charge on any atom is 0.405 e. The molecule has 1 N–H and O–H groups in total. The first kappa shape index (κ1) is 14.7. The van der Waals surface area contributed by atoms with Gasteiger partial charge in [-0.05, 0) is 6.42 Å². The third kappa shape index (κ3) is 3.86. The Balaban J connectivity index is 2.96. The van der Waals surface area contributed by atoms with Gasteiger partial charge in [0, 0.05) is 7.05 Å². The van der Waals surface area contributed by atoms with Crippen LogP contribution in [0.15, 0.2) is 0 Å². The molecule has 0 radical (unpaired) electrons. The zero-order valence-electron chi connectivity index (χ0n) is 9.91. The Morgan fingerprint density at radius 1 is 1.50 bits per heavy atom. The highest BCUT2D eigenvalue weighted by molar-refractivity contribution is 7.17. The number of halogens is 3. The molecule has 0 aliphatic rings. The number of anilines is 1. The molecule has 4 nitrogen and oxygen atoms in total. The first-order valence-corrected chi connectivity index (χ1v) is 6.07. The Hall–Kier alpha value is -1.31. The number of aromatic carboxylic acids is 1. The number of carbonyl (C=O) groups is 1. The molecule has 1 rings (SSSR count). The van der Waals surface area contributed by atoms with E-state index in [2.05, 4.69) is 4.98 Å². The molecule has 102 valence electrons. The number of hydrogen-bond acceptors (Lipinski definition) is 4. The van der Waals surface area contributed by atoms with Gasteiger partial charge in [-0.25, -0.2) is 9.78 Å². The fourth-order valence-corrected chi connectivity index (χ4v) is 2.32. The molecule has 0 atom stereocenters. The summed E-state index contributed by atoms with van der Waals surface area (Å²) >= 11 is 0.772. The lowest BCUT2D eigenvalue weighted by molar-refractivity contribution is -0.119. The van der Waals surface area contributed by atoms with Crippen LogP contribution < -0.4 is 4.90 Å². The van der Waals surface area contributed by atoms with Crippen molar-refractivity contribution in [2.75, 3.05) is 18.5 Å². The molecule has 0 spiro atoms. The molecule has 0 aromatic carbocycles. The van der Waals surface area contributed by atoms with Gasteiger partial charge in [-0.1, -0.05) is 24.7 Å². The normalized spacial score (nSPS) is 11.6. The van der Waals surface area contributed by atoms with Crippen LogP contribution in [0, 0.1) is 0 Å². The minimum Gasteiger partial charge on any atom is -0.477 e. The molecule has 18 heavy (non-hydrogen) atoms. The first-order chi connectivity index (χ1) is 8.24. The third-order valence-corrected chi connectivity index (χ3v) is 3.31. The van der Waals surface area contributed by atoms with Gasteiger partial charge in [0.1, 0.15) is 11.4 Å². The Bertz CT molecular complexity index is 431. The Morgan fingerprint density at radius 3 is 2.56 bits per heavy atom. The summed E-state index contributed by atoms with van der Waals surface area (Å²) in [6.45, 7) is 0.704. The largest absolute Gasteiger partial charge is 0.477 e. The van der Waals surface area contributed by atoms with E-state index in [0.29, 0.717) is 18.5 Å². The number of carboxylic acid groups (broad SMARTS) is 1. The fraction of sp³-hybridized carbons (Fsp3) is 0.600. The summed E-state index contributed by atoms with van der Waals surface area (Å²) in [5.41, 5.74) is 0.346. The predicted molar refractivity (Wildman–Crippen MR) is 62.4 cm³/mol. The number of hydrogen-bond donors (Lipinski definition) is 1. The Labute approximate surface area is 106 Å². The van der Waals surface area contributed by atoms with Crippen molar-refractivity contribution in [1.82, 2.24) is 4.98 Å². The van der Waals surface area contributed by atoms with Gasteiger partial charge in [-0.3, -0.25) is 0 Å². The minimum absolute atomic E-state index is 0.0147. The van der Waals surface area contributed by atoms with E-state index in [1.807, 2.05) is 6.92 Å². The molecule has 1 heterocycles. The van der Waals surface area contributed by atoms with Crippen LogP contribution in [-0.2, 0) is 6.42 Å². The van der Waals surface area contributed by atoms with E-state index in [0.717, 1.165) is 16.2 Å². The van der Waals surface area contributed by atoms with E-state index in [1.54, 1.807) is 0 Å². The Kier molecular flexibility index (Phi) is 4.55. The van der Waals surface area contributed by atoms with Gasteiger partial charge in [0.05, 0.1) is 5.69 Å². The quantitative estimate of drug-likeness (QED) is 0.902. The molecule has 8 heteroatoms. The van der Waals surface area contributed by atoms with Crippen LogP contribution in [-0.4, -0.2) is 35.8 Å². The minimum atomic E-state index is -4.34. The summed E-state index contributed by atoms with van der Waals surface area (Å²) in [6, 6.07) is 0. The number of carboxylic acids is 1. The monoisotopic (exact) mass is 282 g/mol. The van der Waals surface area contributed by atoms with Crippen LogP contribution in [0.25, 0.3) is 0 Å². The highest BCUT2D eigenvalue weighted by atomic mass is 32.1. The van der Waals surface area contributed by atoms with Gasteiger partial charge in [-0.2, -0.15) is 13.2 Å². The van der Waals surface area contributed by atoms with E-state index < -0.39 is 18.7 Å². The maximum atomic E-state index is 12.2. The average molecular weight is 282 g/mol. The summed E-state index contributed by atoms with van der Waals surface area (Å²) in [6.07, 6.45) is -3.21. The van der Waals surface area contributed by atoms with Gasteiger partial charge >= 0.3 is 12.1 Å². The summed E-state index contributed by atoms with van der Waals surface area (Å²) in [5.74, 6) is -1.15. The number of alkyl halides is 3. The number of aromatic nitrogens is 1. The van der Waals surface area contributed by atoms with Crippen molar-refractivity contribution in [2.24, 2.45) is 0 Å². The van der Waals surface area contributed by atoms with Crippen molar-refractivity contribution in [3.05, 3.63) is 10.6 Å². The maximum absolute atomic E-state index is 12.2. The molecule has 0 saturated heterocycles. The van der Waals surface area contributed by atoms with Crippen molar-refractivity contribution in [2.45, 2.75) is 25.9 Å². The van der Waals surface area contributed by atoms with Gasteiger partial charge in [0.25, 0.3) is 0 Å². The zero-order valence-corrected chi connectivity index (χ0v) is 10.7. The molecule has 1 aromatic rings. The van der Waals surface area contributed by atoms with Crippen LogP contribution >= 0.6 is 11.3 Å². The molecular formula is C10H13F3N2O2S. The average Bonchev–Trinajstić information content (AvgIpc) is 2.59. The number of thiazole rings is 1. The number of nitrogens with zero attached hydrogens (tertiary/aromatic N) is 2. The van der Waals surface area contributed by atoms with Crippen LogP contribution in [0.3, 0.4) is 0 Å². The van der Waals surface area contributed by atoms with Gasteiger partial charge < -0.3 is 10.0 Å². The number of rotatable bonds is 5. The first-order valence-electron chi connectivity index (χ1n) is 5.25. The van der Waals surface area contributed by atoms with Crippen LogP contribution in [0.2, 0.25) is 0 Å². The van der Waals surface area contributed by atoms with E-state index in [4.69, 9.17) is 5.11 Å². The zero-order chi connectivity index (χ0) is 13.9. The lowest BCUT2D eigenvalue weighted by Gasteiger charge is -2.17. The lowest BCUT2D eigenvalue weighted by atomic mass is 10.2. The topological polar surface area (TPSA) is 53.4 Å². The van der Waals surface area contributed by atoms with E-state index in [-0.39, 0.29) is 10.0 Å².